The van der Waals surface area contributed by atoms with E-state index in [9.17, 15) is 4.79 Å². The number of ether oxygens (including phenoxy) is 1. The number of morpholine rings is 1. The fourth-order valence-electron chi connectivity index (χ4n) is 4.36. The number of guanidine groups is 1. The number of likely N-dealkylation sites (tertiary alicyclic amines) is 1. The quantitative estimate of drug-likeness (QED) is 0.548. The van der Waals surface area contributed by atoms with E-state index in [1.165, 1.54) is 11.1 Å². The minimum atomic E-state index is 0.141. The molecule has 166 valence electrons. The van der Waals surface area contributed by atoms with Crippen LogP contribution in [0.15, 0.2) is 29.3 Å². The summed E-state index contributed by atoms with van der Waals surface area (Å²) in [6.07, 6.45) is 3.00. The molecule has 7 heteroatoms. The third-order valence-corrected chi connectivity index (χ3v) is 6.05. The molecular formula is C23H37N5O2. The molecule has 1 amide bonds. The van der Waals surface area contributed by atoms with Gasteiger partial charge in [-0.3, -0.25) is 14.7 Å². The molecule has 2 saturated heterocycles. The Kier molecular flexibility index (Phi) is 8.51. The Balaban J connectivity index is 1.48. The molecular weight excluding hydrogens is 378 g/mol. The van der Waals surface area contributed by atoms with Crippen molar-refractivity contribution in [3.05, 3.63) is 35.4 Å². The van der Waals surface area contributed by atoms with Crippen LogP contribution in [0, 0.1) is 5.92 Å². The number of aliphatic imine (C=N–C) groups is 1. The van der Waals surface area contributed by atoms with Crippen molar-refractivity contribution in [2.45, 2.75) is 45.4 Å². The molecule has 30 heavy (non-hydrogen) atoms. The highest BCUT2D eigenvalue weighted by molar-refractivity contribution is 5.80. The summed E-state index contributed by atoms with van der Waals surface area (Å²) in [5, 5.41) is 6.25. The van der Waals surface area contributed by atoms with Crippen molar-refractivity contribution in [1.82, 2.24) is 20.4 Å². The van der Waals surface area contributed by atoms with E-state index in [1.807, 2.05) is 7.05 Å². The van der Waals surface area contributed by atoms with Crippen LogP contribution in [-0.2, 0) is 22.6 Å². The van der Waals surface area contributed by atoms with Gasteiger partial charge < -0.3 is 20.3 Å². The molecule has 0 aromatic heterocycles. The Morgan fingerprint density at radius 1 is 1.23 bits per heavy atom. The van der Waals surface area contributed by atoms with E-state index < -0.39 is 0 Å². The Morgan fingerprint density at radius 3 is 2.70 bits per heavy atom. The summed E-state index contributed by atoms with van der Waals surface area (Å²) in [5.74, 6) is 1.56. The van der Waals surface area contributed by atoms with E-state index in [1.54, 1.807) is 7.05 Å². The van der Waals surface area contributed by atoms with Crippen LogP contribution in [0.5, 0.6) is 0 Å². The van der Waals surface area contributed by atoms with Crippen LogP contribution in [0.4, 0.5) is 0 Å². The van der Waals surface area contributed by atoms with Gasteiger partial charge >= 0.3 is 0 Å². The first-order valence-electron chi connectivity index (χ1n) is 11.1. The van der Waals surface area contributed by atoms with Gasteiger partial charge in [-0.25, -0.2) is 0 Å². The molecule has 0 spiro atoms. The zero-order valence-corrected chi connectivity index (χ0v) is 18.7. The monoisotopic (exact) mass is 415 g/mol. The molecule has 2 N–H and O–H groups in total. The normalized spacial score (nSPS) is 21.5. The van der Waals surface area contributed by atoms with Gasteiger partial charge in [-0.2, -0.15) is 0 Å². The van der Waals surface area contributed by atoms with E-state index in [2.05, 4.69) is 56.6 Å². The van der Waals surface area contributed by atoms with Gasteiger partial charge in [0.1, 0.15) is 0 Å². The summed E-state index contributed by atoms with van der Waals surface area (Å²) < 4.78 is 5.65. The lowest BCUT2D eigenvalue weighted by molar-refractivity contribution is -0.121. The van der Waals surface area contributed by atoms with Crippen molar-refractivity contribution in [1.29, 1.82) is 0 Å². The number of benzene rings is 1. The lowest BCUT2D eigenvalue weighted by Gasteiger charge is -2.34. The molecule has 1 aromatic carbocycles. The van der Waals surface area contributed by atoms with Crippen molar-refractivity contribution in [3.63, 3.8) is 0 Å². The van der Waals surface area contributed by atoms with Gasteiger partial charge in [0.2, 0.25) is 5.91 Å². The minimum absolute atomic E-state index is 0.141. The molecule has 0 bridgehead atoms. The highest BCUT2D eigenvalue weighted by Crippen LogP contribution is 2.20. The van der Waals surface area contributed by atoms with Gasteiger partial charge in [-0.15, -0.1) is 0 Å². The predicted molar refractivity (Wildman–Crippen MR) is 120 cm³/mol. The van der Waals surface area contributed by atoms with Crippen molar-refractivity contribution >= 4 is 11.9 Å². The van der Waals surface area contributed by atoms with Crippen molar-refractivity contribution in [3.8, 4) is 0 Å². The van der Waals surface area contributed by atoms with Crippen LogP contribution in [0.2, 0.25) is 0 Å². The van der Waals surface area contributed by atoms with Crippen molar-refractivity contribution < 1.29 is 9.53 Å². The summed E-state index contributed by atoms with van der Waals surface area (Å²) in [6, 6.07) is 8.80. The Labute approximate surface area is 180 Å². The predicted octanol–water partition coefficient (Wildman–Crippen LogP) is 1.83. The maximum Gasteiger partial charge on any atom is 0.220 e. The summed E-state index contributed by atoms with van der Waals surface area (Å²) in [4.78, 5) is 20.9. The first-order chi connectivity index (χ1) is 14.6. The lowest BCUT2D eigenvalue weighted by atomic mass is 9.93. The van der Waals surface area contributed by atoms with Gasteiger partial charge in [-0.1, -0.05) is 24.3 Å². The van der Waals surface area contributed by atoms with Crippen LogP contribution < -0.4 is 10.6 Å². The molecule has 2 fully saturated rings. The second-order valence-electron chi connectivity index (χ2n) is 8.44. The lowest BCUT2D eigenvalue weighted by Crippen LogP contribution is -2.45. The second kappa shape index (κ2) is 11.3. The van der Waals surface area contributed by atoms with Crippen LogP contribution in [0.25, 0.3) is 0 Å². The smallest absolute Gasteiger partial charge is 0.220 e. The fraction of sp³-hybridized carbons (Fsp3) is 0.652. The molecule has 0 radical (unpaired) electrons. The highest BCUT2D eigenvalue weighted by atomic mass is 16.5. The molecule has 1 aromatic rings. The number of nitrogens with one attached hydrogen (secondary N) is 2. The average Bonchev–Trinajstić information content (AvgIpc) is 2.75. The molecule has 2 heterocycles. The molecule has 1 unspecified atom stereocenters. The van der Waals surface area contributed by atoms with E-state index in [4.69, 9.17) is 4.74 Å². The maximum atomic E-state index is 11.6. The Hall–Kier alpha value is -2.12. The molecule has 0 saturated carbocycles. The molecule has 0 aliphatic carbocycles. The largest absolute Gasteiger partial charge is 0.376 e. The van der Waals surface area contributed by atoms with Gasteiger partial charge in [0, 0.05) is 59.8 Å². The SMILES string of the molecule is CN=C(NCc1cccc(CN2CCOC(C)C2)c1)N1CCC(CC(=O)NC)CC1. The number of amides is 1. The molecule has 7 nitrogen and oxygen atoms in total. The van der Waals surface area contributed by atoms with Gasteiger partial charge in [0.15, 0.2) is 5.96 Å². The van der Waals surface area contributed by atoms with Gasteiger partial charge in [0.25, 0.3) is 0 Å². The van der Waals surface area contributed by atoms with Crippen LogP contribution >= 0.6 is 0 Å². The first-order valence-corrected chi connectivity index (χ1v) is 11.1. The topological polar surface area (TPSA) is 69.2 Å². The van der Waals surface area contributed by atoms with E-state index >= 15 is 0 Å². The van der Waals surface area contributed by atoms with E-state index in [0.29, 0.717) is 18.4 Å². The second-order valence-corrected chi connectivity index (χ2v) is 8.44. The zero-order chi connectivity index (χ0) is 21.3. The zero-order valence-electron chi connectivity index (χ0n) is 18.7. The van der Waals surface area contributed by atoms with Crippen LogP contribution in [0.1, 0.15) is 37.3 Å². The number of hydrogen-bond donors (Lipinski definition) is 2. The maximum absolute atomic E-state index is 11.6. The van der Waals surface area contributed by atoms with E-state index in [0.717, 1.165) is 64.7 Å². The third-order valence-electron chi connectivity index (χ3n) is 6.05. The summed E-state index contributed by atoms with van der Waals surface area (Å²) in [5.41, 5.74) is 2.61. The number of rotatable bonds is 6. The van der Waals surface area contributed by atoms with Gasteiger partial charge in [-0.05, 0) is 36.8 Å². The summed E-state index contributed by atoms with van der Waals surface area (Å²) in [7, 11) is 3.55. The Morgan fingerprint density at radius 2 is 2.00 bits per heavy atom. The summed E-state index contributed by atoms with van der Waals surface area (Å²) in [6.45, 7) is 8.55. The van der Waals surface area contributed by atoms with Gasteiger partial charge in [0.05, 0.1) is 12.7 Å². The van der Waals surface area contributed by atoms with Crippen LogP contribution in [0.3, 0.4) is 0 Å². The van der Waals surface area contributed by atoms with Crippen molar-refractivity contribution in [2.24, 2.45) is 10.9 Å². The third kappa shape index (κ3) is 6.71. The number of hydrogen-bond acceptors (Lipinski definition) is 4. The summed E-state index contributed by atoms with van der Waals surface area (Å²) >= 11 is 0. The molecule has 2 aliphatic rings. The number of carbonyl (C=O) groups excluding carboxylic acids is 1. The van der Waals surface area contributed by atoms with E-state index in [-0.39, 0.29) is 5.91 Å². The fourth-order valence-corrected chi connectivity index (χ4v) is 4.36. The standard InChI is InChI=1S/C23H37N5O2/c1-18-16-27(11-12-30-18)17-21-6-4-5-20(13-21)15-26-23(25-3)28-9-7-19(8-10-28)14-22(29)24-2/h4-6,13,18-19H,7-12,14-17H2,1-3H3,(H,24,29)(H,25,26). The number of piperidine rings is 1. The number of carbonyl (C=O) groups is 1. The van der Waals surface area contributed by atoms with Crippen molar-refractivity contribution in [2.75, 3.05) is 46.9 Å². The first kappa shape index (κ1) is 22.6. The van der Waals surface area contributed by atoms with Crippen LogP contribution in [-0.4, -0.2) is 74.7 Å². The highest BCUT2D eigenvalue weighted by Gasteiger charge is 2.23. The molecule has 1 atom stereocenters. The molecule has 2 aliphatic heterocycles. The minimum Gasteiger partial charge on any atom is -0.376 e. The number of nitrogens with zero attached hydrogens (tertiary/aromatic N) is 3. The average molecular weight is 416 g/mol. The Bertz CT molecular complexity index is 715. The molecule has 3 rings (SSSR count).